The van der Waals surface area contributed by atoms with Crippen LogP contribution in [0.1, 0.15) is 33.1 Å². The Bertz CT molecular complexity index is 329. The number of hydrogen-bond acceptors (Lipinski definition) is 3. The molecule has 1 unspecified atom stereocenters. The lowest BCUT2D eigenvalue weighted by molar-refractivity contribution is -0.144. The van der Waals surface area contributed by atoms with Gasteiger partial charge in [0.05, 0.1) is 5.41 Å². The molecule has 104 valence electrons. The van der Waals surface area contributed by atoms with Gasteiger partial charge in [0.25, 0.3) is 0 Å². The summed E-state index contributed by atoms with van der Waals surface area (Å²) in [7, 11) is 0. The lowest BCUT2D eigenvalue weighted by atomic mass is 9.94. The van der Waals surface area contributed by atoms with E-state index < -0.39 is 29.3 Å². The molecular formula is C11H18ClNO5. The van der Waals surface area contributed by atoms with Crippen LogP contribution in [0.15, 0.2) is 0 Å². The average Bonchev–Trinajstić information content (AvgIpc) is 2.26. The van der Waals surface area contributed by atoms with E-state index in [0.717, 1.165) is 0 Å². The molecule has 0 saturated carbocycles. The van der Waals surface area contributed by atoms with E-state index in [1.807, 2.05) is 0 Å². The van der Waals surface area contributed by atoms with Crippen LogP contribution in [0.2, 0.25) is 0 Å². The van der Waals surface area contributed by atoms with Crippen molar-refractivity contribution in [3.8, 4) is 0 Å². The van der Waals surface area contributed by atoms with E-state index >= 15 is 0 Å². The van der Waals surface area contributed by atoms with Crippen molar-refractivity contribution in [3.05, 3.63) is 0 Å². The Balaban J connectivity index is 4.41. The molecule has 1 amide bonds. The number of rotatable bonds is 8. The number of hydrogen-bond donors (Lipinski definition) is 3. The maximum absolute atomic E-state index is 11.7. The minimum Gasteiger partial charge on any atom is -0.481 e. The smallest absolute Gasteiger partial charge is 0.326 e. The van der Waals surface area contributed by atoms with E-state index in [2.05, 4.69) is 5.32 Å². The number of carboxylic acid groups (broad SMARTS) is 2. The maximum atomic E-state index is 11.7. The Morgan fingerprint density at radius 1 is 1.28 bits per heavy atom. The van der Waals surface area contributed by atoms with Gasteiger partial charge in [-0.05, 0) is 26.7 Å². The third-order valence-corrected chi connectivity index (χ3v) is 3.10. The molecule has 0 aliphatic heterocycles. The summed E-state index contributed by atoms with van der Waals surface area (Å²) in [5, 5.41) is 19.8. The fraction of sp³-hybridized carbons (Fsp3) is 0.727. The molecule has 18 heavy (non-hydrogen) atoms. The lowest BCUT2D eigenvalue weighted by Crippen LogP contribution is -2.47. The van der Waals surface area contributed by atoms with Gasteiger partial charge in [-0.1, -0.05) is 0 Å². The van der Waals surface area contributed by atoms with Gasteiger partial charge in [-0.15, -0.1) is 11.6 Å². The number of carboxylic acids is 2. The van der Waals surface area contributed by atoms with Gasteiger partial charge in [-0.25, -0.2) is 4.79 Å². The Labute approximate surface area is 110 Å². The molecule has 0 spiro atoms. The topological polar surface area (TPSA) is 104 Å². The highest BCUT2D eigenvalue weighted by Gasteiger charge is 2.30. The van der Waals surface area contributed by atoms with E-state index in [1.165, 1.54) is 0 Å². The summed E-state index contributed by atoms with van der Waals surface area (Å²) in [6.45, 7) is 3.21. The van der Waals surface area contributed by atoms with Crippen LogP contribution in [-0.2, 0) is 14.4 Å². The number of alkyl halides is 1. The standard InChI is InChI=1S/C11H18ClNO5/c1-11(2,6-12)10(18)13-7(9(16)17)4-3-5-8(14)15/h7H,3-6H2,1-2H3,(H,13,18)(H,14,15)(H,16,17). The van der Waals surface area contributed by atoms with Crippen molar-refractivity contribution >= 4 is 29.4 Å². The van der Waals surface area contributed by atoms with Crippen LogP contribution in [-0.4, -0.2) is 40.0 Å². The molecule has 6 nitrogen and oxygen atoms in total. The molecule has 0 aromatic rings. The van der Waals surface area contributed by atoms with Crippen LogP contribution < -0.4 is 5.32 Å². The molecule has 0 saturated heterocycles. The zero-order valence-electron chi connectivity index (χ0n) is 10.4. The summed E-state index contributed by atoms with van der Waals surface area (Å²) in [5.41, 5.74) is -0.859. The molecule has 0 aromatic carbocycles. The van der Waals surface area contributed by atoms with Crippen molar-refractivity contribution in [1.82, 2.24) is 5.32 Å². The molecule has 0 aliphatic rings. The normalized spacial score (nSPS) is 12.8. The number of carbonyl (C=O) groups excluding carboxylic acids is 1. The maximum Gasteiger partial charge on any atom is 0.326 e. The van der Waals surface area contributed by atoms with Gasteiger partial charge in [0, 0.05) is 12.3 Å². The van der Waals surface area contributed by atoms with Crippen molar-refractivity contribution < 1.29 is 24.6 Å². The molecule has 0 radical (unpaired) electrons. The van der Waals surface area contributed by atoms with Crippen LogP contribution in [0.3, 0.4) is 0 Å². The van der Waals surface area contributed by atoms with Gasteiger partial charge in [0.2, 0.25) is 5.91 Å². The van der Waals surface area contributed by atoms with E-state index in [4.69, 9.17) is 21.8 Å². The zero-order chi connectivity index (χ0) is 14.3. The first-order valence-electron chi connectivity index (χ1n) is 5.52. The predicted octanol–water partition coefficient (Wildman–Crippen LogP) is 1.08. The first kappa shape index (κ1) is 16.7. The number of aliphatic carboxylic acids is 2. The largest absolute Gasteiger partial charge is 0.481 e. The van der Waals surface area contributed by atoms with E-state index in [0.29, 0.717) is 0 Å². The second-order valence-corrected chi connectivity index (χ2v) is 4.94. The summed E-state index contributed by atoms with van der Waals surface area (Å²) < 4.78 is 0. The summed E-state index contributed by atoms with van der Waals surface area (Å²) >= 11 is 5.61. The Hall–Kier alpha value is -1.30. The van der Waals surface area contributed by atoms with Crippen molar-refractivity contribution in [2.45, 2.75) is 39.2 Å². The van der Waals surface area contributed by atoms with Gasteiger partial charge in [0.15, 0.2) is 0 Å². The lowest BCUT2D eigenvalue weighted by Gasteiger charge is -2.23. The molecule has 0 bridgehead atoms. The third kappa shape index (κ3) is 5.86. The molecule has 0 aromatic heterocycles. The third-order valence-electron chi connectivity index (χ3n) is 2.44. The van der Waals surface area contributed by atoms with Crippen molar-refractivity contribution in [1.29, 1.82) is 0 Å². The fourth-order valence-electron chi connectivity index (χ4n) is 1.13. The van der Waals surface area contributed by atoms with Gasteiger partial charge in [0.1, 0.15) is 6.04 Å². The highest BCUT2D eigenvalue weighted by molar-refractivity contribution is 6.19. The van der Waals surface area contributed by atoms with Crippen molar-refractivity contribution in [2.75, 3.05) is 5.88 Å². The van der Waals surface area contributed by atoms with Crippen LogP contribution in [0.25, 0.3) is 0 Å². The SMILES string of the molecule is CC(C)(CCl)C(=O)NC(CCCC(=O)O)C(=O)O. The Kier molecular flexibility index (Phi) is 6.68. The molecule has 0 fully saturated rings. The quantitative estimate of drug-likeness (QED) is 0.577. The van der Waals surface area contributed by atoms with Crippen molar-refractivity contribution in [3.63, 3.8) is 0 Å². The summed E-state index contributed by atoms with van der Waals surface area (Å²) in [6, 6.07) is -1.08. The zero-order valence-corrected chi connectivity index (χ0v) is 11.2. The molecule has 0 heterocycles. The molecule has 0 aliphatic carbocycles. The number of carbonyl (C=O) groups is 3. The first-order chi connectivity index (χ1) is 8.20. The minimum absolute atomic E-state index is 0.0697. The second kappa shape index (κ2) is 7.20. The molecular weight excluding hydrogens is 262 g/mol. The molecule has 1 atom stereocenters. The van der Waals surface area contributed by atoms with E-state index in [1.54, 1.807) is 13.8 Å². The van der Waals surface area contributed by atoms with Gasteiger partial charge >= 0.3 is 11.9 Å². The Morgan fingerprint density at radius 2 is 1.83 bits per heavy atom. The van der Waals surface area contributed by atoms with Gasteiger partial charge in [-0.3, -0.25) is 9.59 Å². The van der Waals surface area contributed by atoms with Gasteiger partial charge < -0.3 is 15.5 Å². The summed E-state index contributed by atoms with van der Waals surface area (Å²) in [6.07, 6.45) is 0.137. The van der Waals surface area contributed by atoms with E-state index in [9.17, 15) is 14.4 Å². The fourth-order valence-corrected chi connectivity index (χ4v) is 1.25. The van der Waals surface area contributed by atoms with Gasteiger partial charge in [-0.2, -0.15) is 0 Å². The summed E-state index contributed by atoms with van der Waals surface area (Å²) in [4.78, 5) is 33.0. The minimum atomic E-state index is -1.18. The predicted molar refractivity (Wildman–Crippen MR) is 65.6 cm³/mol. The average molecular weight is 280 g/mol. The number of amides is 1. The van der Waals surface area contributed by atoms with Crippen molar-refractivity contribution in [2.24, 2.45) is 5.41 Å². The molecule has 0 rings (SSSR count). The molecule has 7 heteroatoms. The highest BCUT2D eigenvalue weighted by Crippen LogP contribution is 2.17. The monoisotopic (exact) mass is 279 g/mol. The van der Waals surface area contributed by atoms with Crippen LogP contribution in [0.5, 0.6) is 0 Å². The number of halogens is 1. The van der Waals surface area contributed by atoms with Crippen LogP contribution in [0.4, 0.5) is 0 Å². The highest BCUT2D eigenvalue weighted by atomic mass is 35.5. The Morgan fingerprint density at radius 3 is 2.22 bits per heavy atom. The van der Waals surface area contributed by atoms with Crippen LogP contribution in [0, 0.1) is 5.41 Å². The summed E-state index contributed by atoms with van der Waals surface area (Å²) in [5.74, 6) is -2.56. The molecule has 3 N–H and O–H groups in total. The van der Waals surface area contributed by atoms with Crippen LogP contribution >= 0.6 is 11.6 Å². The number of nitrogens with one attached hydrogen (secondary N) is 1. The first-order valence-corrected chi connectivity index (χ1v) is 6.05. The van der Waals surface area contributed by atoms with E-state index in [-0.39, 0.29) is 25.1 Å². The second-order valence-electron chi connectivity index (χ2n) is 4.67.